The van der Waals surface area contributed by atoms with Gasteiger partial charge in [-0.3, -0.25) is 4.79 Å². The summed E-state index contributed by atoms with van der Waals surface area (Å²) in [4.78, 5) is 11.9. The van der Waals surface area contributed by atoms with Crippen LogP contribution in [0.5, 0.6) is 0 Å². The van der Waals surface area contributed by atoms with Crippen molar-refractivity contribution in [2.75, 3.05) is 6.54 Å². The Labute approximate surface area is 103 Å². The van der Waals surface area contributed by atoms with Crippen molar-refractivity contribution in [2.45, 2.75) is 39.2 Å². The molecular formula is C13H22N2O2. The van der Waals surface area contributed by atoms with Crippen LogP contribution in [0.15, 0.2) is 12.1 Å². The van der Waals surface area contributed by atoms with Gasteiger partial charge < -0.3 is 15.0 Å². The molecule has 1 heterocycles. The zero-order valence-electron chi connectivity index (χ0n) is 11.1. The van der Waals surface area contributed by atoms with Crippen molar-refractivity contribution in [3.63, 3.8) is 0 Å². The molecule has 0 unspecified atom stereocenters. The van der Waals surface area contributed by atoms with Gasteiger partial charge in [0.2, 0.25) is 0 Å². The van der Waals surface area contributed by atoms with E-state index in [0.29, 0.717) is 25.1 Å². The number of hydrogen-bond acceptors (Lipinski definition) is 2. The average molecular weight is 238 g/mol. The van der Waals surface area contributed by atoms with E-state index in [-0.39, 0.29) is 5.91 Å². The number of carbonyl (C=O) groups excluding carboxylic acids is 1. The molecule has 0 saturated heterocycles. The third-order valence-electron chi connectivity index (χ3n) is 3.50. The number of nitrogens with zero attached hydrogens (tertiary/aromatic N) is 1. The second-order valence-corrected chi connectivity index (χ2v) is 4.53. The number of amides is 1. The smallest absolute Gasteiger partial charge is 0.268 e. The number of nitrogens with one attached hydrogen (secondary N) is 1. The van der Waals surface area contributed by atoms with Crippen molar-refractivity contribution >= 4 is 5.91 Å². The Morgan fingerprint density at radius 3 is 2.41 bits per heavy atom. The van der Waals surface area contributed by atoms with Gasteiger partial charge in [-0.1, -0.05) is 13.8 Å². The van der Waals surface area contributed by atoms with Gasteiger partial charge in [-0.05, 0) is 31.9 Å². The van der Waals surface area contributed by atoms with Gasteiger partial charge in [-0.2, -0.15) is 0 Å². The standard InChI is InChI=1S/C13H22N2O2/c1-5-13(17,6-2)9-14-12(16)11-8-7-10(3)15(11)4/h7-8,17H,5-6,9H2,1-4H3,(H,14,16). The van der Waals surface area contributed by atoms with Gasteiger partial charge in [0, 0.05) is 19.3 Å². The fraction of sp³-hybridized carbons (Fsp3) is 0.615. The highest BCUT2D eigenvalue weighted by molar-refractivity contribution is 5.92. The molecule has 0 aliphatic carbocycles. The zero-order chi connectivity index (χ0) is 13.1. The fourth-order valence-corrected chi connectivity index (χ4v) is 1.68. The summed E-state index contributed by atoms with van der Waals surface area (Å²) >= 11 is 0. The lowest BCUT2D eigenvalue weighted by Gasteiger charge is -2.25. The molecule has 1 aromatic rings. The van der Waals surface area contributed by atoms with Gasteiger partial charge in [-0.25, -0.2) is 0 Å². The summed E-state index contributed by atoms with van der Waals surface area (Å²) in [6, 6.07) is 3.70. The topological polar surface area (TPSA) is 54.3 Å². The lowest BCUT2D eigenvalue weighted by atomic mass is 9.97. The first-order chi connectivity index (χ1) is 7.93. The molecule has 1 amide bonds. The van der Waals surface area contributed by atoms with Crippen LogP contribution in [0.25, 0.3) is 0 Å². The lowest BCUT2D eigenvalue weighted by Crippen LogP contribution is -2.42. The van der Waals surface area contributed by atoms with Gasteiger partial charge in [0.05, 0.1) is 5.60 Å². The lowest BCUT2D eigenvalue weighted by molar-refractivity contribution is 0.0312. The molecule has 0 aromatic carbocycles. The number of carbonyl (C=O) groups is 1. The van der Waals surface area contributed by atoms with E-state index in [0.717, 1.165) is 5.69 Å². The van der Waals surface area contributed by atoms with Crippen LogP contribution in [0.4, 0.5) is 0 Å². The number of aryl methyl sites for hydroxylation is 1. The van der Waals surface area contributed by atoms with Crippen molar-refractivity contribution in [3.8, 4) is 0 Å². The number of aromatic nitrogens is 1. The Balaban J connectivity index is 2.65. The van der Waals surface area contributed by atoms with Crippen LogP contribution in [0, 0.1) is 6.92 Å². The zero-order valence-corrected chi connectivity index (χ0v) is 11.1. The van der Waals surface area contributed by atoms with E-state index in [1.165, 1.54) is 0 Å². The van der Waals surface area contributed by atoms with E-state index in [2.05, 4.69) is 5.32 Å². The minimum Gasteiger partial charge on any atom is -0.388 e. The highest BCUT2D eigenvalue weighted by atomic mass is 16.3. The molecule has 1 aromatic heterocycles. The van der Waals surface area contributed by atoms with Crippen LogP contribution >= 0.6 is 0 Å². The molecule has 0 saturated carbocycles. The van der Waals surface area contributed by atoms with Crippen molar-refractivity contribution in [2.24, 2.45) is 7.05 Å². The van der Waals surface area contributed by atoms with Crippen molar-refractivity contribution in [3.05, 3.63) is 23.5 Å². The van der Waals surface area contributed by atoms with E-state index in [1.807, 2.05) is 38.5 Å². The second-order valence-electron chi connectivity index (χ2n) is 4.53. The normalized spacial score (nSPS) is 11.6. The van der Waals surface area contributed by atoms with Crippen LogP contribution in [0.2, 0.25) is 0 Å². The predicted molar refractivity (Wildman–Crippen MR) is 68.0 cm³/mol. The average Bonchev–Trinajstić information content (AvgIpc) is 2.67. The molecule has 0 radical (unpaired) electrons. The van der Waals surface area contributed by atoms with E-state index in [1.54, 1.807) is 6.07 Å². The van der Waals surface area contributed by atoms with Crippen LogP contribution < -0.4 is 5.32 Å². The molecule has 1 rings (SSSR count). The highest BCUT2D eigenvalue weighted by Gasteiger charge is 2.23. The third kappa shape index (κ3) is 3.09. The maximum atomic E-state index is 11.9. The molecule has 0 aliphatic heterocycles. The van der Waals surface area contributed by atoms with Crippen LogP contribution in [0.3, 0.4) is 0 Å². The maximum absolute atomic E-state index is 11.9. The molecule has 4 nitrogen and oxygen atoms in total. The second kappa shape index (κ2) is 5.36. The van der Waals surface area contributed by atoms with E-state index >= 15 is 0 Å². The van der Waals surface area contributed by atoms with Crippen molar-refractivity contribution in [1.29, 1.82) is 0 Å². The van der Waals surface area contributed by atoms with E-state index in [9.17, 15) is 9.90 Å². The van der Waals surface area contributed by atoms with Crippen LogP contribution in [0.1, 0.15) is 42.9 Å². The SMILES string of the molecule is CCC(O)(CC)CNC(=O)c1ccc(C)n1C. The Kier molecular flexibility index (Phi) is 4.34. The quantitative estimate of drug-likeness (QED) is 0.819. The largest absolute Gasteiger partial charge is 0.388 e. The fourth-order valence-electron chi connectivity index (χ4n) is 1.68. The molecule has 0 aliphatic rings. The summed E-state index contributed by atoms with van der Waals surface area (Å²) in [6.45, 7) is 6.08. The summed E-state index contributed by atoms with van der Waals surface area (Å²) in [5.74, 6) is -0.138. The highest BCUT2D eigenvalue weighted by Crippen LogP contribution is 2.13. The number of rotatable bonds is 5. The Hall–Kier alpha value is -1.29. The molecule has 96 valence electrons. The van der Waals surface area contributed by atoms with Crippen LogP contribution in [-0.2, 0) is 7.05 Å². The minimum atomic E-state index is -0.796. The molecular weight excluding hydrogens is 216 g/mol. The first-order valence-electron chi connectivity index (χ1n) is 6.06. The molecule has 0 fully saturated rings. The third-order valence-corrected chi connectivity index (χ3v) is 3.50. The first kappa shape index (κ1) is 13.8. The summed E-state index contributed by atoms with van der Waals surface area (Å²) in [7, 11) is 1.86. The molecule has 0 spiro atoms. The molecule has 4 heteroatoms. The van der Waals surface area contributed by atoms with Crippen molar-refractivity contribution in [1.82, 2.24) is 9.88 Å². The minimum absolute atomic E-state index is 0.138. The first-order valence-corrected chi connectivity index (χ1v) is 6.06. The van der Waals surface area contributed by atoms with Crippen molar-refractivity contribution < 1.29 is 9.90 Å². The summed E-state index contributed by atoms with van der Waals surface area (Å²) in [5, 5.41) is 12.9. The van der Waals surface area contributed by atoms with Gasteiger partial charge in [-0.15, -0.1) is 0 Å². The monoisotopic (exact) mass is 238 g/mol. The Bertz CT molecular complexity index is 392. The summed E-state index contributed by atoms with van der Waals surface area (Å²) < 4.78 is 1.84. The van der Waals surface area contributed by atoms with E-state index < -0.39 is 5.60 Å². The van der Waals surface area contributed by atoms with E-state index in [4.69, 9.17) is 0 Å². The van der Waals surface area contributed by atoms with Gasteiger partial charge in [0.25, 0.3) is 5.91 Å². The molecule has 0 atom stereocenters. The molecule has 17 heavy (non-hydrogen) atoms. The molecule has 0 bridgehead atoms. The Morgan fingerprint density at radius 1 is 1.41 bits per heavy atom. The summed E-state index contributed by atoms with van der Waals surface area (Å²) in [6.07, 6.45) is 1.27. The van der Waals surface area contributed by atoms with Gasteiger partial charge >= 0.3 is 0 Å². The molecule has 2 N–H and O–H groups in total. The maximum Gasteiger partial charge on any atom is 0.268 e. The van der Waals surface area contributed by atoms with Crippen LogP contribution in [-0.4, -0.2) is 27.7 Å². The van der Waals surface area contributed by atoms with Gasteiger partial charge in [0.1, 0.15) is 5.69 Å². The Morgan fingerprint density at radius 2 is 2.00 bits per heavy atom. The predicted octanol–water partition coefficient (Wildman–Crippen LogP) is 1.61. The summed E-state index contributed by atoms with van der Waals surface area (Å²) in [5.41, 5.74) is 0.865. The number of hydrogen-bond donors (Lipinski definition) is 2. The number of aliphatic hydroxyl groups is 1. The van der Waals surface area contributed by atoms with Gasteiger partial charge in [0.15, 0.2) is 0 Å².